The zero-order valence-electron chi connectivity index (χ0n) is 10.7. The molecule has 0 saturated carbocycles. The van der Waals surface area contributed by atoms with Crippen LogP contribution in [0.5, 0.6) is 0 Å². The Labute approximate surface area is 123 Å². The molecule has 1 saturated heterocycles. The Bertz CT molecular complexity index is 456. The van der Waals surface area contributed by atoms with E-state index >= 15 is 0 Å². The largest absolute Gasteiger partial charge is 0.401 e. The van der Waals surface area contributed by atoms with E-state index in [1.54, 1.807) is 6.07 Å². The minimum absolute atomic E-state index is 0.0672. The molecular formula is C13H15BrF4N2. The Balaban J connectivity index is 1.87. The van der Waals surface area contributed by atoms with Crippen LogP contribution >= 0.6 is 15.9 Å². The summed E-state index contributed by atoms with van der Waals surface area (Å²) in [4.78, 5) is 1.40. The van der Waals surface area contributed by atoms with Gasteiger partial charge in [-0.1, -0.05) is 0 Å². The van der Waals surface area contributed by atoms with Crippen molar-refractivity contribution < 1.29 is 17.6 Å². The Morgan fingerprint density at radius 2 is 1.90 bits per heavy atom. The predicted molar refractivity (Wildman–Crippen MR) is 73.2 cm³/mol. The third-order valence-electron chi connectivity index (χ3n) is 3.28. The first kappa shape index (κ1) is 15.6. The summed E-state index contributed by atoms with van der Waals surface area (Å²) in [5.41, 5.74) is 0.638. The zero-order valence-corrected chi connectivity index (χ0v) is 12.3. The number of nitrogens with one attached hydrogen (secondary N) is 1. The minimum atomic E-state index is -4.15. The summed E-state index contributed by atoms with van der Waals surface area (Å²) in [6, 6.07) is 4.40. The van der Waals surface area contributed by atoms with Crippen molar-refractivity contribution in [3.8, 4) is 0 Å². The molecule has 1 N–H and O–H groups in total. The molecule has 0 radical (unpaired) electrons. The van der Waals surface area contributed by atoms with Gasteiger partial charge in [0.25, 0.3) is 0 Å². The van der Waals surface area contributed by atoms with Gasteiger partial charge in [-0.3, -0.25) is 4.90 Å². The van der Waals surface area contributed by atoms with Crippen LogP contribution in [0.25, 0.3) is 0 Å². The van der Waals surface area contributed by atoms with Crippen LogP contribution in [-0.4, -0.2) is 36.8 Å². The Morgan fingerprint density at radius 3 is 2.50 bits per heavy atom. The van der Waals surface area contributed by atoms with E-state index in [4.69, 9.17) is 0 Å². The molecule has 0 atom stereocenters. The monoisotopic (exact) mass is 354 g/mol. The van der Waals surface area contributed by atoms with Gasteiger partial charge in [0, 0.05) is 23.6 Å². The molecule has 0 spiro atoms. The normalized spacial score (nSPS) is 18.2. The Kier molecular flexibility index (Phi) is 4.90. The number of hydrogen-bond acceptors (Lipinski definition) is 2. The SMILES string of the molecule is Fc1ccc(Br)c(NC2CCN(CC(F)(F)F)CC2)c1. The molecule has 7 heteroatoms. The highest BCUT2D eigenvalue weighted by molar-refractivity contribution is 9.10. The van der Waals surface area contributed by atoms with Crippen LogP contribution in [0.3, 0.4) is 0 Å². The summed E-state index contributed by atoms with van der Waals surface area (Å²) in [5.74, 6) is -0.342. The summed E-state index contributed by atoms with van der Waals surface area (Å²) in [7, 11) is 0. The molecular weight excluding hydrogens is 340 g/mol. The second kappa shape index (κ2) is 6.30. The highest BCUT2D eigenvalue weighted by Gasteiger charge is 2.32. The molecule has 112 valence electrons. The number of nitrogens with zero attached hydrogens (tertiary/aromatic N) is 1. The molecule has 0 unspecified atom stereocenters. The van der Waals surface area contributed by atoms with E-state index in [1.807, 2.05) is 0 Å². The highest BCUT2D eigenvalue weighted by Crippen LogP contribution is 2.26. The van der Waals surface area contributed by atoms with Gasteiger partial charge in [-0.2, -0.15) is 13.2 Å². The van der Waals surface area contributed by atoms with Crippen molar-refractivity contribution >= 4 is 21.6 Å². The van der Waals surface area contributed by atoms with Gasteiger partial charge in [-0.05, 0) is 47.0 Å². The standard InChI is InChI=1S/C13H15BrF4N2/c14-11-2-1-9(15)7-12(11)19-10-3-5-20(6-4-10)8-13(16,17)18/h1-2,7,10,19H,3-6,8H2. The second-order valence-electron chi connectivity index (χ2n) is 4.93. The second-order valence-corrected chi connectivity index (χ2v) is 5.79. The third-order valence-corrected chi connectivity index (χ3v) is 3.97. The smallest absolute Gasteiger partial charge is 0.381 e. The Hall–Kier alpha value is -0.820. The summed E-state index contributed by atoms with van der Waals surface area (Å²) in [6.07, 6.45) is -2.93. The number of likely N-dealkylation sites (tertiary alicyclic amines) is 1. The lowest BCUT2D eigenvalue weighted by atomic mass is 10.0. The summed E-state index contributed by atoms with van der Waals surface area (Å²) in [6.45, 7) is -0.0718. The fraction of sp³-hybridized carbons (Fsp3) is 0.538. The summed E-state index contributed by atoms with van der Waals surface area (Å²) < 4.78 is 50.7. The molecule has 20 heavy (non-hydrogen) atoms. The minimum Gasteiger partial charge on any atom is -0.381 e. The maximum absolute atomic E-state index is 13.2. The van der Waals surface area contributed by atoms with Crippen LogP contribution in [0, 0.1) is 5.82 Å². The maximum atomic E-state index is 13.2. The topological polar surface area (TPSA) is 15.3 Å². The van der Waals surface area contributed by atoms with Crippen LogP contribution in [-0.2, 0) is 0 Å². The van der Waals surface area contributed by atoms with E-state index in [1.165, 1.54) is 17.0 Å². The summed E-state index contributed by atoms with van der Waals surface area (Å²) in [5, 5.41) is 3.18. The van der Waals surface area contributed by atoms with Crippen LogP contribution in [0.1, 0.15) is 12.8 Å². The van der Waals surface area contributed by atoms with E-state index in [0.717, 1.165) is 4.47 Å². The lowest BCUT2D eigenvalue weighted by Crippen LogP contribution is -2.43. The lowest BCUT2D eigenvalue weighted by Gasteiger charge is -2.33. The molecule has 1 aromatic carbocycles. The molecule has 1 heterocycles. The van der Waals surface area contributed by atoms with Crippen LogP contribution < -0.4 is 5.32 Å². The Morgan fingerprint density at radius 1 is 1.25 bits per heavy atom. The van der Waals surface area contributed by atoms with Gasteiger partial charge >= 0.3 is 6.18 Å². The predicted octanol–water partition coefficient (Wildman–Crippen LogP) is 4.03. The van der Waals surface area contributed by atoms with Gasteiger partial charge in [-0.15, -0.1) is 0 Å². The molecule has 0 aromatic heterocycles. The van der Waals surface area contributed by atoms with Crippen molar-refractivity contribution in [3.05, 3.63) is 28.5 Å². The molecule has 0 amide bonds. The molecule has 2 rings (SSSR count). The maximum Gasteiger partial charge on any atom is 0.401 e. The quantitative estimate of drug-likeness (QED) is 0.824. The third kappa shape index (κ3) is 4.63. The number of hydrogen-bond donors (Lipinski definition) is 1. The van der Waals surface area contributed by atoms with Crippen LogP contribution in [0.2, 0.25) is 0 Å². The van der Waals surface area contributed by atoms with Crippen molar-refractivity contribution in [1.82, 2.24) is 4.90 Å². The van der Waals surface area contributed by atoms with Crippen molar-refractivity contribution in [2.45, 2.75) is 25.1 Å². The van der Waals surface area contributed by atoms with Crippen molar-refractivity contribution in [2.75, 3.05) is 25.0 Å². The van der Waals surface area contributed by atoms with Crippen LogP contribution in [0.15, 0.2) is 22.7 Å². The highest BCUT2D eigenvalue weighted by atomic mass is 79.9. The fourth-order valence-corrected chi connectivity index (χ4v) is 2.68. The zero-order chi connectivity index (χ0) is 14.8. The van der Waals surface area contributed by atoms with Crippen molar-refractivity contribution in [1.29, 1.82) is 0 Å². The van der Waals surface area contributed by atoms with Crippen molar-refractivity contribution in [3.63, 3.8) is 0 Å². The number of alkyl halides is 3. The van der Waals surface area contributed by atoms with Gasteiger partial charge < -0.3 is 5.32 Å². The summed E-state index contributed by atoms with van der Waals surface area (Å²) >= 11 is 3.32. The van der Waals surface area contributed by atoms with Gasteiger partial charge in [-0.25, -0.2) is 4.39 Å². The van der Waals surface area contributed by atoms with Gasteiger partial charge in [0.05, 0.1) is 12.2 Å². The average molecular weight is 355 g/mol. The lowest BCUT2D eigenvalue weighted by molar-refractivity contribution is -0.147. The average Bonchev–Trinajstić information content (AvgIpc) is 2.34. The number of benzene rings is 1. The number of halogens is 5. The number of piperidine rings is 1. The fourth-order valence-electron chi connectivity index (χ4n) is 2.32. The molecule has 1 aromatic rings. The number of anilines is 1. The van der Waals surface area contributed by atoms with E-state index in [-0.39, 0.29) is 11.9 Å². The van der Waals surface area contributed by atoms with Crippen molar-refractivity contribution in [2.24, 2.45) is 0 Å². The molecule has 2 nitrogen and oxygen atoms in total. The van der Waals surface area contributed by atoms with Gasteiger partial charge in [0.15, 0.2) is 0 Å². The molecule has 0 bridgehead atoms. The first-order valence-corrected chi connectivity index (χ1v) is 7.13. The first-order valence-electron chi connectivity index (χ1n) is 6.34. The number of rotatable bonds is 3. The van der Waals surface area contributed by atoms with Crippen LogP contribution in [0.4, 0.5) is 23.2 Å². The molecule has 1 fully saturated rings. The molecule has 1 aliphatic rings. The van der Waals surface area contributed by atoms with E-state index < -0.39 is 12.7 Å². The molecule has 1 aliphatic heterocycles. The van der Waals surface area contributed by atoms with E-state index in [9.17, 15) is 17.6 Å². The van der Waals surface area contributed by atoms with E-state index in [2.05, 4.69) is 21.2 Å². The molecule has 0 aliphatic carbocycles. The van der Waals surface area contributed by atoms with Gasteiger partial charge in [0.1, 0.15) is 5.82 Å². The van der Waals surface area contributed by atoms with E-state index in [0.29, 0.717) is 31.6 Å². The van der Waals surface area contributed by atoms with Gasteiger partial charge in [0.2, 0.25) is 0 Å². The first-order chi connectivity index (χ1) is 9.33.